The highest BCUT2D eigenvalue weighted by Gasteiger charge is 2.33. The lowest BCUT2D eigenvalue weighted by Gasteiger charge is -2.35. The van der Waals surface area contributed by atoms with Gasteiger partial charge in [-0.25, -0.2) is 4.39 Å². The Morgan fingerprint density at radius 3 is 2.63 bits per heavy atom. The molecule has 0 saturated heterocycles. The molecule has 0 spiro atoms. The smallest absolute Gasteiger partial charge is 0.308 e. The SMILES string of the molecule is CCOC(=O)C[C@@H](c1ccc(OC)c(F)c1)N1CCn2cc(CC(C)=O)cc2C1=O. The summed E-state index contributed by atoms with van der Waals surface area (Å²) in [5.74, 6) is -1.22. The van der Waals surface area contributed by atoms with Gasteiger partial charge < -0.3 is 18.9 Å². The van der Waals surface area contributed by atoms with Crippen molar-refractivity contribution in [2.45, 2.75) is 39.3 Å². The van der Waals surface area contributed by atoms with Gasteiger partial charge in [0.2, 0.25) is 0 Å². The van der Waals surface area contributed by atoms with Crippen LogP contribution in [0.25, 0.3) is 0 Å². The summed E-state index contributed by atoms with van der Waals surface area (Å²) in [4.78, 5) is 38.5. The largest absolute Gasteiger partial charge is 0.494 e. The third-order valence-electron chi connectivity index (χ3n) is 5.07. The van der Waals surface area contributed by atoms with Crippen molar-refractivity contribution < 1.29 is 28.2 Å². The number of rotatable bonds is 8. The fourth-order valence-electron chi connectivity index (χ4n) is 3.76. The molecule has 1 aliphatic heterocycles. The number of amides is 1. The van der Waals surface area contributed by atoms with Crippen molar-refractivity contribution in [1.82, 2.24) is 9.47 Å². The Morgan fingerprint density at radius 2 is 2.00 bits per heavy atom. The summed E-state index contributed by atoms with van der Waals surface area (Å²) in [5, 5.41) is 0. The molecule has 0 bridgehead atoms. The third-order valence-corrected chi connectivity index (χ3v) is 5.07. The lowest BCUT2D eigenvalue weighted by Crippen LogP contribution is -2.43. The van der Waals surface area contributed by atoms with E-state index < -0.39 is 17.8 Å². The van der Waals surface area contributed by atoms with Crippen molar-refractivity contribution in [3.63, 3.8) is 0 Å². The maximum atomic E-state index is 14.3. The topological polar surface area (TPSA) is 77.8 Å². The molecular weight excluding hydrogens is 391 g/mol. The van der Waals surface area contributed by atoms with E-state index in [-0.39, 0.29) is 36.9 Å². The maximum Gasteiger partial charge on any atom is 0.308 e. The Morgan fingerprint density at radius 1 is 1.23 bits per heavy atom. The average Bonchev–Trinajstić information content (AvgIpc) is 3.09. The van der Waals surface area contributed by atoms with E-state index in [1.54, 1.807) is 30.2 Å². The molecule has 3 rings (SSSR count). The number of benzene rings is 1. The molecule has 0 aliphatic carbocycles. The first-order chi connectivity index (χ1) is 14.3. The normalized spacial score (nSPS) is 14.3. The number of Topliss-reactive ketones (excluding diaryl/α,β-unsaturated/α-hetero) is 1. The predicted molar refractivity (Wildman–Crippen MR) is 107 cm³/mol. The second kappa shape index (κ2) is 9.11. The van der Waals surface area contributed by atoms with Gasteiger partial charge >= 0.3 is 5.97 Å². The number of halogens is 1. The van der Waals surface area contributed by atoms with E-state index >= 15 is 0 Å². The van der Waals surface area contributed by atoms with Crippen LogP contribution in [0.1, 0.15) is 47.9 Å². The molecule has 1 amide bonds. The molecule has 1 aromatic heterocycles. The Labute approximate surface area is 174 Å². The number of hydrogen-bond donors (Lipinski definition) is 0. The second-order valence-electron chi connectivity index (χ2n) is 7.22. The highest BCUT2D eigenvalue weighted by molar-refractivity contribution is 5.94. The molecule has 1 aliphatic rings. The fourth-order valence-corrected chi connectivity index (χ4v) is 3.76. The summed E-state index contributed by atoms with van der Waals surface area (Å²) in [6.45, 7) is 4.27. The standard InChI is InChI=1S/C22H25FN2O5/c1-4-30-21(27)12-18(16-5-6-20(29-3)17(23)11-16)25-8-7-24-13-15(9-14(2)26)10-19(24)22(25)28/h5-6,10-11,13,18H,4,7-9,12H2,1-3H3/t18-/m0/s1. The first-order valence-corrected chi connectivity index (χ1v) is 9.82. The number of nitrogens with zero attached hydrogens (tertiary/aromatic N) is 2. The van der Waals surface area contributed by atoms with E-state index in [2.05, 4.69) is 0 Å². The zero-order valence-corrected chi connectivity index (χ0v) is 17.3. The van der Waals surface area contributed by atoms with E-state index in [9.17, 15) is 18.8 Å². The van der Waals surface area contributed by atoms with Gasteiger partial charge in [0.1, 0.15) is 11.5 Å². The minimum Gasteiger partial charge on any atom is -0.494 e. The molecule has 8 heteroatoms. The number of ether oxygens (including phenoxy) is 2. The number of carbonyl (C=O) groups is 3. The van der Waals surface area contributed by atoms with Crippen LogP contribution in [0.5, 0.6) is 5.75 Å². The van der Waals surface area contributed by atoms with Gasteiger partial charge in [-0.3, -0.25) is 14.4 Å². The van der Waals surface area contributed by atoms with Crippen molar-refractivity contribution in [3.05, 3.63) is 53.1 Å². The summed E-state index contributed by atoms with van der Waals surface area (Å²) >= 11 is 0. The third kappa shape index (κ3) is 4.53. The number of esters is 1. The Hall–Kier alpha value is -3.16. The molecular formula is C22H25FN2O5. The highest BCUT2D eigenvalue weighted by atomic mass is 19.1. The first-order valence-electron chi connectivity index (χ1n) is 9.82. The maximum absolute atomic E-state index is 14.3. The van der Waals surface area contributed by atoms with Crippen LogP contribution in [-0.2, 0) is 27.3 Å². The Bertz CT molecular complexity index is 968. The Balaban J connectivity index is 1.94. The van der Waals surface area contributed by atoms with E-state index in [4.69, 9.17) is 9.47 Å². The molecule has 0 unspecified atom stereocenters. The van der Waals surface area contributed by atoms with Gasteiger partial charge in [-0.05, 0) is 43.2 Å². The number of ketones is 1. The van der Waals surface area contributed by atoms with Gasteiger partial charge in [-0.15, -0.1) is 0 Å². The van der Waals surface area contributed by atoms with Crippen LogP contribution in [0.2, 0.25) is 0 Å². The molecule has 1 aromatic carbocycles. The average molecular weight is 416 g/mol. The van der Waals surface area contributed by atoms with Crippen LogP contribution in [0.3, 0.4) is 0 Å². The molecule has 0 radical (unpaired) electrons. The molecule has 0 fully saturated rings. The van der Waals surface area contributed by atoms with Crippen molar-refractivity contribution in [2.75, 3.05) is 20.3 Å². The van der Waals surface area contributed by atoms with Gasteiger partial charge in [0.25, 0.3) is 5.91 Å². The zero-order chi connectivity index (χ0) is 21.8. The highest BCUT2D eigenvalue weighted by Crippen LogP contribution is 2.32. The van der Waals surface area contributed by atoms with Crippen LogP contribution in [0.4, 0.5) is 4.39 Å². The fraction of sp³-hybridized carbons (Fsp3) is 0.409. The summed E-state index contributed by atoms with van der Waals surface area (Å²) in [6.07, 6.45) is 1.97. The molecule has 1 atom stereocenters. The number of hydrogen-bond acceptors (Lipinski definition) is 5. The van der Waals surface area contributed by atoms with E-state index in [1.807, 2.05) is 4.57 Å². The van der Waals surface area contributed by atoms with Gasteiger partial charge in [0.05, 0.1) is 26.2 Å². The van der Waals surface area contributed by atoms with Crippen molar-refractivity contribution >= 4 is 17.7 Å². The van der Waals surface area contributed by atoms with Crippen LogP contribution >= 0.6 is 0 Å². The van der Waals surface area contributed by atoms with Gasteiger partial charge in [-0.2, -0.15) is 0 Å². The Kier molecular flexibility index (Phi) is 6.54. The van der Waals surface area contributed by atoms with E-state index in [0.717, 1.165) is 5.56 Å². The molecule has 30 heavy (non-hydrogen) atoms. The molecule has 7 nitrogen and oxygen atoms in total. The predicted octanol–water partition coefficient (Wildman–Crippen LogP) is 2.92. The van der Waals surface area contributed by atoms with Crippen LogP contribution in [-0.4, -0.2) is 47.4 Å². The number of methoxy groups -OCH3 is 1. The minimum absolute atomic E-state index is 0.0103. The molecule has 2 aromatic rings. The van der Waals surface area contributed by atoms with Crippen LogP contribution in [0, 0.1) is 5.82 Å². The summed E-state index contributed by atoms with van der Waals surface area (Å²) in [7, 11) is 1.37. The molecule has 2 heterocycles. The van der Waals surface area contributed by atoms with Gasteiger partial charge in [0.15, 0.2) is 11.6 Å². The summed E-state index contributed by atoms with van der Waals surface area (Å²) < 4.78 is 26.2. The van der Waals surface area contributed by atoms with E-state index in [0.29, 0.717) is 24.3 Å². The quantitative estimate of drug-likeness (QED) is 0.619. The van der Waals surface area contributed by atoms with Crippen LogP contribution in [0.15, 0.2) is 30.5 Å². The molecule has 0 N–H and O–H groups in total. The number of fused-ring (bicyclic) bond motifs is 1. The summed E-state index contributed by atoms with van der Waals surface area (Å²) in [6, 6.07) is 5.42. The van der Waals surface area contributed by atoms with Crippen LogP contribution < -0.4 is 4.74 Å². The van der Waals surface area contributed by atoms with Crippen molar-refractivity contribution in [3.8, 4) is 5.75 Å². The number of aromatic nitrogens is 1. The molecule has 0 saturated carbocycles. The number of carbonyl (C=O) groups excluding carboxylic acids is 3. The van der Waals surface area contributed by atoms with Gasteiger partial charge in [-0.1, -0.05) is 6.07 Å². The molecule has 160 valence electrons. The monoisotopic (exact) mass is 416 g/mol. The van der Waals surface area contributed by atoms with E-state index in [1.165, 1.54) is 26.2 Å². The van der Waals surface area contributed by atoms with Crippen molar-refractivity contribution in [2.24, 2.45) is 0 Å². The lowest BCUT2D eigenvalue weighted by atomic mass is 10.00. The summed E-state index contributed by atoms with van der Waals surface area (Å²) in [5.41, 5.74) is 1.70. The second-order valence-corrected chi connectivity index (χ2v) is 7.22. The zero-order valence-electron chi connectivity index (χ0n) is 17.3. The minimum atomic E-state index is -0.683. The lowest BCUT2D eigenvalue weighted by molar-refractivity contribution is -0.144. The van der Waals surface area contributed by atoms with Crippen molar-refractivity contribution in [1.29, 1.82) is 0 Å². The first kappa shape index (κ1) is 21.5. The van der Waals surface area contributed by atoms with Gasteiger partial charge in [0, 0.05) is 25.7 Å².